The van der Waals surface area contributed by atoms with E-state index >= 15 is 0 Å². The second-order valence-electron chi connectivity index (χ2n) is 9.48. The number of piperidine rings is 1. The molecule has 1 aliphatic heterocycles. The van der Waals surface area contributed by atoms with E-state index in [-0.39, 0.29) is 23.8 Å². The van der Waals surface area contributed by atoms with Crippen LogP contribution in [0.4, 0.5) is 0 Å². The first-order chi connectivity index (χ1) is 14.4. The number of carbonyl (C=O) groups is 2. The summed E-state index contributed by atoms with van der Waals surface area (Å²) in [6, 6.07) is 8.24. The smallest absolute Gasteiger partial charge is 0.233 e. The number of ether oxygens (including phenoxy) is 1. The van der Waals surface area contributed by atoms with Crippen LogP contribution in [0.25, 0.3) is 0 Å². The van der Waals surface area contributed by atoms with E-state index in [1.54, 1.807) is 7.11 Å². The Balaban J connectivity index is 1.68. The lowest BCUT2D eigenvalue weighted by Gasteiger charge is -2.42. The zero-order chi connectivity index (χ0) is 21.7. The molecule has 0 aromatic heterocycles. The Bertz CT molecular complexity index is 714. The van der Waals surface area contributed by atoms with Gasteiger partial charge in [0, 0.05) is 25.0 Å². The maximum absolute atomic E-state index is 13.8. The van der Waals surface area contributed by atoms with Gasteiger partial charge in [0.1, 0.15) is 5.75 Å². The molecule has 5 heteroatoms. The van der Waals surface area contributed by atoms with E-state index < -0.39 is 5.41 Å². The van der Waals surface area contributed by atoms with E-state index in [1.165, 1.54) is 6.42 Å². The van der Waals surface area contributed by atoms with Crippen LogP contribution >= 0.6 is 0 Å². The van der Waals surface area contributed by atoms with Crippen LogP contribution in [0, 0.1) is 11.8 Å². The zero-order valence-electron chi connectivity index (χ0n) is 19.1. The molecule has 2 amide bonds. The lowest BCUT2D eigenvalue weighted by Crippen LogP contribution is -2.52. The predicted octanol–water partition coefficient (Wildman–Crippen LogP) is 4.30. The zero-order valence-corrected chi connectivity index (χ0v) is 19.1. The van der Waals surface area contributed by atoms with Crippen molar-refractivity contribution >= 4 is 11.8 Å². The number of methoxy groups -OCH3 is 1. The first-order valence-electron chi connectivity index (χ1n) is 11.6. The summed E-state index contributed by atoms with van der Waals surface area (Å²) < 4.78 is 5.31. The average Bonchev–Trinajstić information content (AvgIpc) is 2.79. The van der Waals surface area contributed by atoms with Crippen LogP contribution in [0.15, 0.2) is 24.3 Å². The van der Waals surface area contributed by atoms with Crippen molar-refractivity contribution in [2.45, 2.75) is 77.2 Å². The van der Waals surface area contributed by atoms with E-state index in [2.05, 4.69) is 38.2 Å². The molecule has 3 rings (SSSR count). The van der Waals surface area contributed by atoms with Crippen LogP contribution in [-0.2, 0) is 15.0 Å². The molecule has 1 saturated heterocycles. The van der Waals surface area contributed by atoms with E-state index in [1.807, 2.05) is 17.0 Å². The molecule has 1 N–H and O–H groups in total. The third kappa shape index (κ3) is 4.81. The van der Waals surface area contributed by atoms with E-state index in [0.29, 0.717) is 19.0 Å². The van der Waals surface area contributed by atoms with Crippen LogP contribution in [0.5, 0.6) is 5.75 Å². The van der Waals surface area contributed by atoms with Gasteiger partial charge < -0.3 is 15.0 Å². The van der Waals surface area contributed by atoms with Crippen molar-refractivity contribution in [3.8, 4) is 5.75 Å². The molecule has 0 bridgehead atoms. The van der Waals surface area contributed by atoms with Crippen LogP contribution in [0.2, 0.25) is 0 Å². The Labute approximate surface area is 181 Å². The Hall–Kier alpha value is -2.04. The lowest BCUT2D eigenvalue weighted by atomic mass is 9.68. The van der Waals surface area contributed by atoms with Gasteiger partial charge in [-0.15, -0.1) is 0 Å². The van der Waals surface area contributed by atoms with Crippen molar-refractivity contribution in [2.75, 3.05) is 20.2 Å². The lowest BCUT2D eigenvalue weighted by molar-refractivity contribution is -0.142. The molecule has 166 valence electrons. The van der Waals surface area contributed by atoms with Crippen molar-refractivity contribution < 1.29 is 14.3 Å². The van der Waals surface area contributed by atoms with E-state index in [9.17, 15) is 9.59 Å². The van der Waals surface area contributed by atoms with Gasteiger partial charge in [-0.25, -0.2) is 0 Å². The summed E-state index contributed by atoms with van der Waals surface area (Å²) in [6.07, 6.45) is 6.69. The topological polar surface area (TPSA) is 58.6 Å². The fraction of sp³-hybridized carbons (Fsp3) is 0.680. The molecule has 2 fully saturated rings. The predicted molar refractivity (Wildman–Crippen MR) is 120 cm³/mol. The van der Waals surface area contributed by atoms with Gasteiger partial charge in [0.2, 0.25) is 11.8 Å². The van der Waals surface area contributed by atoms with Crippen molar-refractivity contribution in [3.05, 3.63) is 29.8 Å². The number of rotatable bonds is 6. The summed E-state index contributed by atoms with van der Waals surface area (Å²) >= 11 is 0. The Morgan fingerprint density at radius 3 is 2.17 bits per heavy atom. The summed E-state index contributed by atoms with van der Waals surface area (Å²) in [4.78, 5) is 28.4. The molecule has 1 unspecified atom stereocenters. The van der Waals surface area contributed by atoms with Gasteiger partial charge in [-0.05, 0) is 56.2 Å². The number of hydrogen-bond acceptors (Lipinski definition) is 3. The van der Waals surface area contributed by atoms with Crippen molar-refractivity contribution in [2.24, 2.45) is 11.8 Å². The number of nitrogens with zero attached hydrogens (tertiary/aromatic N) is 1. The van der Waals surface area contributed by atoms with Crippen molar-refractivity contribution in [3.63, 3.8) is 0 Å². The Kier molecular flexibility index (Phi) is 7.43. The largest absolute Gasteiger partial charge is 0.497 e. The monoisotopic (exact) mass is 414 g/mol. The molecule has 2 aliphatic rings. The molecule has 1 saturated carbocycles. The quantitative estimate of drug-likeness (QED) is 0.755. The van der Waals surface area contributed by atoms with Crippen molar-refractivity contribution in [1.82, 2.24) is 10.2 Å². The number of amides is 2. The molecule has 1 aromatic rings. The highest BCUT2D eigenvalue weighted by atomic mass is 16.5. The molecule has 5 nitrogen and oxygen atoms in total. The number of hydrogen-bond donors (Lipinski definition) is 1. The van der Waals surface area contributed by atoms with Gasteiger partial charge in [-0.3, -0.25) is 9.59 Å². The average molecular weight is 415 g/mol. The summed E-state index contributed by atoms with van der Waals surface area (Å²) in [6.45, 7) is 7.64. The molecular weight excluding hydrogens is 376 g/mol. The third-order valence-electron chi connectivity index (χ3n) is 7.28. The van der Waals surface area contributed by atoms with E-state index in [4.69, 9.17) is 4.74 Å². The number of carbonyl (C=O) groups excluding carboxylic acids is 2. The minimum Gasteiger partial charge on any atom is -0.497 e. The van der Waals surface area contributed by atoms with Crippen LogP contribution in [-0.4, -0.2) is 43.0 Å². The Morgan fingerprint density at radius 1 is 1.03 bits per heavy atom. The number of nitrogens with one attached hydrogen (secondary N) is 1. The first-order valence-corrected chi connectivity index (χ1v) is 11.6. The summed E-state index contributed by atoms with van der Waals surface area (Å²) in [5.41, 5.74) is 0.685. The first kappa shape index (κ1) is 22.6. The Morgan fingerprint density at radius 2 is 1.63 bits per heavy atom. The molecular formula is C25H38N2O3. The molecule has 0 radical (unpaired) electrons. The summed E-state index contributed by atoms with van der Waals surface area (Å²) in [5, 5.41) is 3.15. The second kappa shape index (κ2) is 9.84. The fourth-order valence-corrected chi connectivity index (χ4v) is 4.85. The van der Waals surface area contributed by atoms with Crippen LogP contribution in [0.3, 0.4) is 0 Å². The van der Waals surface area contributed by atoms with Crippen molar-refractivity contribution in [1.29, 1.82) is 0 Å². The molecule has 1 aliphatic carbocycles. The van der Waals surface area contributed by atoms with Gasteiger partial charge in [0.15, 0.2) is 0 Å². The summed E-state index contributed by atoms with van der Waals surface area (Å²) in [7, 11) is 1.67. The fourth-order valence-electron chi connectivity index (χ4n) is 4.85. The molecule has 1 atom stereocenters. The van der Waals surface area contributed by atoms with Crippen LogP contribution < -0.4 is 10.1 Å². The third-order valence-corrected chi connectivity index (χ3v) is 7.28. The molecule has 1 heterocycles. The highest BCUT2D eigenvalue weighted by molar-refractivity contribution is 5.89. The van der Waals surface area contributed by atoms with Gasteiger partial charge in [-0.2, -0.15) is 0 Å². The maximum atomic E-state index is 13.8. The van der Waals surface area contributed by atoms with Gasteiger partial charge in [0.25, 0.3) is 0 Å². The van der Waals surface area contributed by atoms with Crippen LogP contribution in [0.1, 0.15) is 71.3 Å². The SMILES string of the molecule is COc1ccc(C2(C(=O)N3CCC(C(=O)NC(C)C(C)C)CC3)CCCCC2)cc1. The highest BCUT2D eigenvalue weighted by Crippen LogP contribution is 2.42. The van der Waals surface area contributed by atoms with Gasteiger partial charge in [0.05, 0.1) is 12.5 Å². The normalized spacial score (nSPS) is 20.6. The minimum atomic E-state index is -0.425. The molecule has 30 heavy (non-hydrogen) atoms. The van der Waals surface area contributed by atoms with E-state index in [0.717, 1.165) is 49.8 Å². The minimum absolute atomic E-state index is 0.0125. The van der Waals surface area contributed by atoms with Gasteiger partial charge >= 0.3 is 0 Å². The molecule has 1 aromatic carbocycles. The maximum Gasteiger partial charge on any atom is 0.233 e. The number of likely N-dealkylation sites (tertiary alicyclic amines) is 1. The van der Waals surface area contributed by atoms with Gasteiger partial charge in [-0.1, -0.05) is 45.2 Å². The molecule has 0 spiro atoms. The standard InChI is InChI=1S/C25H38N2O3/c1-18(2)19(3)26-23(28)20-12-16-27(17-13-20)24(29)25(14-6-5-7-15-25)21-8-10-22(30-4)11-9-21/h8-11,18-20H,5-7,12-17H2,1-4H3,(H,26,28). The summed E-state index contributed by atoms with van der Waals surface area (Å²) in [5.74, 6) is 1.65. The highest BCUT2D eigenvalue weighted by Gasteiger charge is 2.44. The number of benzene rings is 1. The second-order valence-corrected chi connectivity index (χ2v) is 9.48.